The van der Waals surface area contributed by atoms with Gasteiger partial charge in [0, 0.05) is 24.8 Å². The van der Waals surface area contributed by atoms with E-state index in [2.05, 4.69) is 13.0 Å². The number of rotatable bonds is 5. The topological polar surface area (TPSA) is 81.6 Å². The number of thioether (sulfide) groups is 1. The van der Waals surface area contributed by atoms with Crippen molar-refractivity contribution in [3.8, 4) is 5.75 Å². The van der Waals surface area contributed by atoms with Crippen LogP contribution in [-0.4, -0.2) is 31.5 Å². The third-order valence-corrected chi connectivity index (χ3v) is 5.90. The Labute approximate surface area is 177 Å². The molecule has 4 N–H and O–H groups in total. The Balaban J connectivity index is 0.000000526. The highest BCUT2D eigenvalue weighted by molar-refractivity contribution is 7.99. The molecule has 2 aromatic carbocycles. The number of hydrogen-bond acceptors (Lipinski definition) is 6. The molecule has 0 spiro atoms. The first kappa shape index (κ1) is 25.1. The van der Waals surface area contributed by atoms with E-state index in [0.29, 0.717) is 12.4 Å². The van der Waals surface area contributed by atoms with Gasteiger partial charge in [0.25, 0.3) is 0 Å². The van der Waals surface area contributed by atoms with E-state index in [-0.39, 0.29) is 10.7 Å². The van der Waals surface area contributed by atoms with Gasteiger partial charge in [-0.1, -0.05) is 37.3 Å². The molecule has 0 fully saturated rings. The van der Waals surface area contributed by atoms with Crippen LogP contribution < -0.4 is 16.3 Å². The lowest BCUT2D eigenvalue weighted by molar-refractivity contribution is -0.106. The number of nitrogens with two attached hydrogens (primary N) is 2. The molecule has 7 heteroatoms. The van der Waals surface area contributed by atoms with Crippen LogP contribution in [0.4, 0.5) is 4.39 Å². The average Bonchev–Trinajstić information content (AvgIpc) is 2.73. The van der Waals surface area contributed by atoms with Crippen molar-refractivity contribution in [1.82, 2.24) is 5.01 Å². The van der Waals surface area contributed by atoms with Gasteiger partial charge in [-0.25, -0.2) is 9.40 Å². The van der Waals surface area contributed by atoms with Crippen LogP contribution in [0.15, 0.2) is 48.5 Å². The molecule has 1 aliphatic heterocycles. The zero-order valence-electron chi connectivity index (χ0n) is 17.4. The maximum atomic E-state index is 13.4. The Kier molecular flexibility index (Phi) is 11.5. The number of para-hydroxylation sites is 1. The van der Waals surface area contributed by atoms with Crippen molar-refractivity contribution in [3.05, 3.63) is 65.5 Å². The van der Waals surface area contributed by atoms with Crippen LogP contribution in [0.2, 0.25) is 0 Å². The van der Waals surface area contributed by atoms with E-state index in [0.717, 1.165) is 42.5 Å². The molecule has 1 aliphatic rings. The Hall–Kier alpha value is -1.93. The smallest absolute Gasteiger partial charge is 0.125 e. The molecule has 160 valence electrons. The molecule has 29 heavy (non-hydrogen) atoms. The quantitative estimate of drug-likeness (QED) is 0.328. The van der Waals surface area contributed by atoms with Crippen molar-refractivity contribution in [1.29, 1.82) is 0 Å². The summed E-state index contributed by atoms with van der Waals surface area (Å²) >= 11 is 1.71. The number of ether oxygens (including phenoxy) is 1. The number of halogens is 1. The maximum Gasteiger partial charge on any atom is 0.125 e. The number of carbonyl (C=O) groups is 1. The molecular formula is C22H32FN3O2S. The van der Waals surface area contributed by atoms with Gasteiger partial charge in [-0.3, -0.25) is 5.84 Å². The Bertz CT molecular complexity index is 744. The first-order valence-electron chi connectivity index (χ1n) is 9.64. The third-order valence-electron chi connectivity index (χ3n) is 4.23. The number of fused-ring (bicyclic) bond motifs is 1. The number of benzene rings is 2. The first-order chi connectivity index (χ1) is 13.9. The number of carbonyl (C=O) groups excluding carboxylic acids is 1. The summed E-state index contributed by atoms with van der Waals surface area (Å²) in [5.41, 5.74) is 7.06. The Morgan fingerprint density at radius 3 is 2.52 bits per heavy atom. The fourth-order valence-electron chi connectivity index (χ4n) is 2.80. The molecule has 1 heterocycles. The zero-order valence-corrected chi connectivity index (χ0v) is 18.3. The third kappa shape index (κ3) is 7.44. The minimum absolute atomic E-state index is 0.208. The lowest BCUT2D eigenvalue weighted by Crippen LogP contribution is -2.48. The summed E-state index contributed by atoms with van der Waals surface area (Å²) in [6, 6.07) is 14.7. The molecule has 1 unspecified atom stereocenters. The Morgan fingerprint density at radius 1 is 1.28 bits per heavy atom. The molecule has 0 saturated heterocycles. The van der Waals surface area contributed by atoms with E-state index >= 15 is 0 Å². The minimum atomic E-state index is -0.360. The van der Waals surface area contributed by atoms with Crippen molar-refractivity contribution in [2.45, 2.75) is 37.3 Å². The monoisotopic (exact) mass is 421 g/mol. The minimum Gasteiger partial charge on any atom is -0.493 e. The molecule has 0 saturated carbocycles. The van der Waals surface area contributed by atoms with Gasteiger partial charge in [-0.2, -0.15) is 0 Å². The number of hydrazine groups is 1. The summed E-state index contributed by atoms with van der Waals surface area (Å²) in [4.78, 5) is 8.45. The summed E-state index contributed by atoms with van der Waals surface area (Å²) in [7, 11) is 1.88. The van der Waals surface area contributed by atoms with Gasteiger partial charge in [0.2, 0.25) is 0 Å². The van der Waals surface area contributed by atoms with Gasteiger partial charge < -0.3 is 15.3 Å². The summed E-state index contributed by atoms with van der Waals surface area (Å²) in [6.07, 6.45) is 2.64. The van der Waals surface area contributed by atoms with Gasteiger partial charge >= 0.3 is 0 Å². The van der Waals surface area contributed by atoms with E-state index in [1.54, 1.807) is 28.9 Å². The van der Waals surface area contributed by atoms with Crippen LogP contribution in [0.25, 0.3) is 0 Å². The zero-order chi connectivity index (χ0) is 21.7. The lowest BCUT2D eigenvalue weighted by Gasteiger charge is -2.42. The first-order valence-corrected chi connectivity index (χ1v) is 10.6. The van der Waals surface area contributed by atoms with E-state index in [9.17, 15) is 4.39 Å². The Morgan fingerprint density at radius 2 is 1.93 bits per heavy atom. The standard InChI is InChI=1S/C17H19FN2OS.C3H9N.C2H4O/c1-20(19)17(22-12-13-5-4-6-14(18)11-13)9-10-21-16-8-3-2-7-15(16)17;1-2-3-4;1-2-3/h2-8,11H,9-10,12,19H2,1H3;2-4H2,1H3;2H,1H3. The van der Waals surface area contributed by atoms with Gasteiger partial charge in [-0.15, -0.1) is 11.8 Å². The summed E-state index contributed by atoms with van der Waals surface area (Å²) in [6.45, 7) is 4.94. The second kappa shape index (κ2) is 13.3. The largest absolute Gasteiger partial charge is 0.493 e. The SMILES string of the molecule is CC=O.CCCN.CN(N)C1(SCc2cccc(F)c2)CCOc2ccccc21. The average molecular weight is 422 g/mol. The predicted molar refractivity (Wildman–Crippen MR) is 119 cm³/mol. The summed E-state index contributed by atoms with van der Waals surface area (Å²) in [5, 5.41) is 1.75. The van der Waals surface area contributed by atoms with E-state index < -0.39 is 0 Å². The molecule has 0 amide bonds. The van der Waals surface area contributed by atoms with Crippen LogP contribution in [0, 0.1) is 5.82 Å². The van der Waals surface area contributed by atoms with Crippen LogP contribution in [0.3, 0.4) is 0 Å². The van der Waals surface area contributed by atoms with Gasteiger partial charge in [0.05, 0.1) is 6.61 Å². The highest BCUT2D eigenvalue weighted by Crippen LogP contribution is 2.48. The molecule has 0 radical (unpaired) electrons. The molecular weight excluding hydrogens is 389 g/mol. The molecule has 0 aromatic heterocycles. The van der Waals surface area contributed by atoms with Crippen molar-refractivity contribution in [3.63, 3.8) is 0 Å². The van der Waals surface area contributed by atoms with Crippen molar-refractivity contribution >= 4 is 18.0 Å². The van der Waals surface area contributed by atoms with E-state index in [1.165, 1.54) is 13.0 Å². The van der Waals surface area contributed by atoms with Crippen LogP contribution in [0.1, 0.15) is 37.8 Å². The molecule has 3 rings (SSSR count). The molecule has 5 nitrogen and oxygen atoms in total. The number of nitrogens with zero attached hydrogens (tertiary/aromatic N) is 1. The molecule has 0 aliphatic carbocycles. The predicted octanol–water partition coefficient (Wildman–Crippen LogP) is 4.06. The number of aldehydes is 1. The molecule has 2 aromatic rings. The fraction of sp³-hybridized carbons (Fsp3) is 0.409. The summed E-state index contributed by atoms with van der Waals surface area (Å²) < 4.78 is 19.1. The second-order valence-electron chi connectivity index (χ2n) is 6.43. The number of hydrogen-bond donors (Lipinski definition) is 2. The normalized spacial score (nSPS) is 17.1. The molecule has 0 bridgehead atoms. The van der Waals surface area contributed by atoms with Crippen molar-refractivity contribution in [2.75, 3.05) is 20.2 Å². The van der Waals surface area contributed by atoms with Gasteiger partial charge in [-0.05, 0) is 43.7 Å². The highest BCUT2D eigenvalue weighted by atomic mass is 32.2. The second-order valence-corrected chi connectivity index (χ2v) is 7.69. The van der Waals surface area contributed by atoms with E-state index in [4.69, 9.17) is 21.1 Å². The maximum absolute atomic E-state index is 13.4. The van der Waals surface area contributed by atoms with Gasteiger partial charge in [0.15, 0.2) is 0 Å². The van der Waals surface area contributed by atoms with Crippen molar-refractivity contribution < 1.29 is 13.9 Å². The van der Waals surface area contributed by atoms with Crippen molar-refractivity contribution in [2.24, 2.45) is 11.6 Å². The van der Waals surface area contributed by atoms with E-state index in [1.807, 2.05) is 31.3 Å². The van der Waals surface area contributed by atoms with Crippen LogP contribution in [0.5, 0.6) is 5.75 Å². The lowest BCUT2D eigenvalue weighted by atomic mass is 9.99. The summed E-state index contributed by atoms with van der Waals surface area (Å²) in [5.74, 6) is 7.55. The fourth-order valence-corrected chi connectivity index (χ4v) is 4.14. The highest BCUT2D eigenvalue weighted by Gasteiger charge is 2.40. The van der Waals surface area contributed by atoms with Gasteiger partial charge in [0.1, 0.15) is 22.7 Å². The van der Waals surface area contributed by atoms with Crippen LogP contribution >= 0.6 is 11.8 Å². The van der Waals surface area contributed by atoms with Crippen LogP contribution in [-0.2, 0) is 15.4 Å². The molecule has 1 atom stereocenters.